The zero-order valence-corrected chi connectivity index (χ0v) is 9.90. The molecule has 78 valence electrons. The molecular formula is C9H7Cl2N3S. The fourth-order valence-electron chi connectivity index (χ4n) is 1.12. The normalized spacial score (nSPS) is 10.3. The van der Waals surface area contributed by atoms with Crippen LogP contribution in [0.15, 0.2) is 24.3 Å². The maximum absolute atomic E-state index is 5.86. The number of anilines is 1. The second-order valence-electron chi connectivity index (χ2n) is 2.89. The lowest BCUT2D eigenvalue weighted by atomic mass is 10.2. The molecule has 1 N–H and O–H groups in total. The van der Waals surface area contributed by atoms with E-state index < -0.39 is 0 Å². The Hall–Kier alpha value is -0.840. The van der Waals surface area contributed by atoms with Crippen LogP contribution in [0.25, 0.3) is 0 Å². The van der Waals surface area contributed by atoms with Crippen LogP contribution in [0.1, 0.15) is 5.56 Å². The maximum atomic E-state index is 5.86. The summed E-state index contributed by atoms with van der Waals surface area (Å²) in [6, 6.07) is 7.61. The largest absolute Gasteiger partial charge is 0.363 e. The van der Waals surface area contributed by atoms with Crippen LogP contribution in [-0.2, 0) is 6.54 Å². The topological polar surface area (TPSA) is 37.8 Å². The molecule has 3 nitrogen and oxygen atoms in total. The minimum absolute atomic E-state index is 0.405. The van der Waals surface area contributed by atoms with Crippen LogP contribution in [0.3, 0.4) is 0 Å². The van der Waals surface area contributed by atoms with Crippen molar-refractivity contribution in [2.45, 2.75) is 6.54 Å². The number of hydrogen-bond acceptors (Lipinski definition) is 4. The molecule has 0 aliphatic rings. The van der Waals surface area contributed by atoms with Crippen molar-refractivity contribution in [1.29, 1.82) is 0 Å². The van der Waals surface area contributed by atoms with Gasteiger partial charge in [0.25, 0.3) is 0 Å². The summed E-state index contributed by atoms with van der Waals surface area (Å²) < 4.78 is 7.86. The highest BCUT2D eigenvalue weighted by Gasteiger charge is 2.03. The molecule has 15 heavy (non-hydrogen) atoms. The van der Waals surface area contributed by atoms with Gasteiger partial charge in [-0.3, -0.25) is 0 Å². The van der Waals surface area contributed by atoms with E-state index in [9.17, 15) is 0 Å². The molecule has 0 bridgehead atoms. The molecule has 0 saturated carbocycles. The van der Waals surface area contributed by atoms with Gasteiger partial charge in [-0.05, 0) is 17.7 Å². The molecule has 0 spiro atoms. The molecule has 0 atom stereocenters. The van der Waals surface area contributed by atoms with Gasteiger partial charge in [0.15, 0.2) is 11.0 Å². The van der Waals surface area contributed by atoms with Crippen molar-refractivity contribution in [3.8, 4) is 0 Å². The van der Waals surface area contributed by atoms with Gasteiger partial charge in [0.2, 0.25) is 0 Å². The predicted octanol–water partition coefficient (Wildman–Crippen LogP) is 3.46. The van der Waals surface area contributed by atoms with Gasteiger partial charge in [-0.2, -0.15) is 8.75 Å². The van der Waals surface area contributed by atoms with Crippen molar-refractivity contribution in [2.75, 3.05) is 5.32 Å². The molecule has 1 heterocycles. The second kappa shape index (κ2) is 4.79. The van der Waals surface area contributed by atoms with E-state index in [1.165, 1.54) is 0 Å². The van der Waals surface area contributed by atoms with Crippen molar-refractivity contribution >= 4 is 40.7 Å². The summed E-state index contributed by atoms with van der Waals surface area (Å²) in [5.74, 6) is 0.613. The van der Waals surface area contributed by atoms with Gasteiger partial charge in [-0.1, -0.05) is 35.3 Å². The molecular weight excluding hydrogens is 253 g/mol. The molecule has 0 unspecified atom stereocenters. The summed E-state index contributed by atoms with van der Waals surface area (Å²) in [7, 11) is 0. The first-order chi connectivity index (χ1) is 7.25. The van der Waals surface area contributed by atoms with Gasteiger partial charge in [0, 0.05) is 11.6 Å². The van der Waals surface area contributed by atoms with E-state index in [-0.39, 0.29) is 0 Å². The molecule has 2 aromatic rings. The number of nitrogens with one attached hydrogen (secondary N) is 1. The molecule has 0 aliphatic heterocycles. The van der Waals surface area contributed by atoms with Crippen molar-refractivity contribution < 1.29 is 0 Å². The zero-order chi connectivity index (χ0) is 10.7. The summed E-state index contributed by atoms with van der Waals surface area (Å²) in [5.41, 5.74) is 1.08. The number of benzene rings is 1. The van der Waals surface area contributed by atoms with Gasteiger partial charge in [-0.15, -0.1) is 0 Å². The molecule has 0 radical (unpaired) electrons. The fourth-order valence-corrected chi connectivity index (χ4v) is 2.01. The molecule has 2 rings (SSSR count). The predicted molar refractivity (Wildman–Crippen MR) is 63.7 cm³/mol. The van der Waals surface area contributed by atoms with Crippen molar-refractivity contribution in [1.82, 2.24) is 8.75 Å². The summed E-state index contributed by atoms with van der Waals surface area (Å²) in [6.07, 6.45) is 0. The Kier molecular flexibility index (Phi) is 3.41. The standard InChI is InChI=1S/C9H7Cl2N3S/c10-7-3-1-2-6(4-7)5-12-9-8(11)13-15-14-9/h1-4H,5H2,(H,12,14). The lowest BCUT2D eigenvalue weighted by Gasteiger charge is -2.03. The first-order valence-corrected chi connectivity index (χ1v) is 5.71. The van der Waals surface area contributed by atoms with Crippen molar-refractivity contribution in [2.24, 2.45) is 0 Å². The highest BCUT2D eigenvalue weighted by Crippen LogP contribution is 2.19. The van der Waals surface area contributed by atoms with E-state index in [0.29, 0.717) is 17.5 Å². The molecule has 6 heteroatoms. The highest BCUT2D eigenvalue weighted by molar-refractivity contribution is 6.99. The Morgan fingerprint density at radius 2 is 2.13 bits per heavy atom. The monoisotopic (exact) mass is 259 g/mol. The average Bonchev–Trinajstić information content (AvgIpc) is 2.61. The lowest BCUT2D eigenvalue weighted by molar-refractivity contribution is 1.13. The average molecular weight is 260 g/mol. The quantitative estimate of drug-likeness (QED) is 0.918. The minimum atomic E-state index is 0.405. The summed E-state index contributed by atoms with van der Waals surface area (Å²) in [4.78, 5) is 0. The molecule has 0 fully saturated rings. The van der Waals surface area contributed by atoms with Crippen LogP contribution in [0.5, 0.6) is 0 Å². The molecule has 0 aliphatic carbocycles. The van der Waals surface area contributed by atoms with Crippen molar-refractivity contribution in [3.63, 3.8) is 0 Å². The zero-order valence-electron chi connectivity index (χ0n) is 7.58. The first kappa shape index (κ1) is 10.7. The van der Waals surface area contributed by atoms with E-state index in [2.05, 4.69) is 14.1 Å². The fraction of sp³-hybridized carbons (Fsp3) is 0.111. The third-order valence-corrected chi connectivity index (χ3v) is 2.92. The second-order valence-corrected chi connectivity index (χ2v) is 4.21. The van der Waals surface area contributed by atoms with E-state index >= 15 is 0 Å². The summed E-state index contributed by atoms with van der Waals surface area (Å²) in [6.45, 7) is 0.631. The Morgan fingerprint density at radius 3 is 2.80 bits per heavy atom. The first-order valence-electron chi connectivity index (χ1n) is 4.22. The lowest BCUT2D eigenvalue weighted by Crippen LogP contribution is -1.99. The number of rotatable bonds is 3. The Balaban J connectivity index is 2.02. The smallest absolute Gasteiger partial charge is 0.186 e. The van der Waals surface area contributed by atoms with Crippen LogP contribution in [0, 0.1) is 0 Å². The van der Waals surface area contributed by atoms with Crippen LogP contribution in [0.2, 0.25) is 10.2 Å². The van der Waals surface area contributed by atoms with Gasteiger partial charge in [-0.25, -0.2) is 0 Å². The number of nitrogens with zero attached hydrogens (tertiary/aromatic N) is 2. The third-order valence-electron chi connectivity index (χ3n) is 1.80. The van der Waals surface area contributed by atoms with Gasteiger partial charge in [0.05, 0.1) is 11.7 Å². The summed E-state index contributed by atoms with van der Waals surface area (Å²) in [5, 5.41) is 4.21. The Morgan fingerprint density at radius 1 is 1.27 bits per heavy atom. The molecule has 1 aromatic heterocycles. The molecule has 1 aromatic carbocycles. The molecule has 0 saturated heterocycles. The Labute approximate surface area is 101 Å². The van der Waals surface area contributed by atoms with E-state index in [4.69, 9.17) is 23.2 Å². The number of aromatic nitrogens is 2. The van der Waals surface area contributed by atoms with E-state index in [1.807, 2.05) is 24.3 Å². The van der Waals surface area contributed by atoms with E-state index in [0.717, 1.165) is 22.3 Å². The van der Waals surface area contributed by atoms with Crippen LogP contribution in [0.4, 0.5) is 5.82 Å². The molecule has 0 amide bonds. The third kappa shape index (κ3) is 2.81. The van der Waals surface area contributed by atoms with Gasteiger partial charge in [0.1, 0.15) is 0 Å². The van der Waals surface area contributed by atoms with Crippen molar-refractivity contribution in [3.05, 3.63) is 40.0 Å². The minimum Gasteiger partial charge on any atom is -0.363 e. The highest BCUT2D eigenvalue weighted by atomic mass is 35.5. The van der Waals surface area contributed by atoms with Crippen LogP contribution < -0.4 is 5.32 Å². The van der Waals surface area contributed by atoms with Crippen LogP contribution in [-0.4, -0.2) is 8.75 Å². The maximum Gasteiger partial charge on any atom is 0.186 e. The Bertz CT molecular complexity index is 458. The van der Waals surface area contributed by atoms with Crippen LogP contribution >= 0.6 is 34.9 Å². The van der Waals surface area contributed by atoms with E-state index in [1.54, 1.807) is 0 Å². The van der Waals surface area contributed by atoms with Gasteiger partial charge < -0.3 is 5.32 Å². The summed E-state index contributed by atoms with van der Waals surface area (Å²) >= 11 is 12.7. The van der Waals surface area contributed by atoms with Gasteiger partial charge >= 0.3 is 0 Å². The number of halogens is 2. The number of hydrogen-bond donors (Lipinski definition) is 1. The SMILES string of the molecule is Clc1cccc(CNc2nsnc2Cl)c1.